The van der Waals surface area contributed by atoms with Gasteiger partial charge in [-0.05, 0) is 32.0 Å². The van der Waals surface area contributed by atoms with Gasteiger partial charge in [-0.1, -0.05) is 17.7 Å². The monoisotopic (exact) mass is 524 g/mol. The molecule has 8 nitrogen and oxygen atoms in total. The van der Waals surface area contributed by atoms with Crippen molar-refractivity contribution in [3.05, 3.63) is 52.6 Å². The summed E-state index contributed by atoms with van der Waals surface area (Å²) in [5.74, 6) is -0.357. The molecule has 0 aliphatic carbocycles. The van der Waals surface area contributed by atoms with Crippen LogP contribution < -0.4 is 15.0 Å². The molecule has 3 heterocycles. The molecule has 192 valence electrons. The van der Waals surface area contributed by atoms with E-state index in [1.807, 2.05) is 0 Å². The molecule has 0 spiro atoms. The summed E-state index contributed by atoms with van der Waals surface area (Å²) >= 11 is 6.44. The van der Waals surface area contributed by atoms with Crippen LogP contribution in [0, 0.1) is 11.7 Å². The second-order valence-corrected chi connectivity index (χ2v) is 10.1. The lowest BCUT2D eigenvalue weighted by molar-refractivity contribution is -0.0506. The van der Waals surface area contributed by atoms with Crippen molar-refractivity contribution in [2.45, 2.75) is 44.6 Å². The van der Waals surface area contributed by atoms with E-state index in [-0.39, 0.29) is 34.2 Å². The van der Waals surface area contributed by atoms with Crippen LogP contribution in [-0.4, -0.2) is 51.2 Å². The summed E-state index contributed by atoms with van der Waals surface area (Å²) < 4.78 is 47.8. The maximum atomic E-state index is 15.1. The van der Waals surface area contributed by atoms with Gasteiger partial charge in [-0.15, -0.1) is 0 Å². The van der Waals surface area contributed by atoms with Gasteiger partial charge in [-0.2, -0.15) is 8.78 Å². The number of carbonyl (C=O) groups is 1. The number of benzene rings is 2. The molecule has 5 rings (SSSR count). The van der Waals surface area contributed by atoms with Gasteiger partial charge in [0.05, 0.1) is 34.4 Å². The van der Waals surface area contributed by atoms with E-state index in [1.165, 1.54) is 24.3 Å². The SMILES string of the molecule is CC(C)(O)C1CN(c2cc3c(cc2F)nc2n3[C@@H](c3c(Cl)cccc3OC(F)F)C[C@H]2NC(=O)O)C1. The number of nitrogens with zero attached hydrogens (tertiary/aromatic N) is 3. The van der Waals surface area contributed by atoms with Crippen LogP contribution in [0.25, 0.3) is 11.0 Å². The van der Waals surface area contributed by atoms with Crippen molar-refractivity contribution in [3.63, 3.8) is 0 Å². The van der Waals surface area contributed by atoms with E-state index < -0.39 is 36.2 Å². The smallest absolute Gasteiger partial charge is 0.405 e. The van der Waals surface area contributed by atoms with Gasteiger partial charge in [-0.3, -0.25) is 0 Å². The number of aliphatic hydroxyl groups is 1. The summed E-state index contributed by atoms with van der Waals surface area (Å²) in [6.45, 7) is 1.24. The Morgan fingerprint density at radius 2 is 2.03 bits per heavy atom. The molecule has 2 aliphatic rings. The first-order valence-electron chi connectivity index (χ1n) is 11.4. The summed E-state index contributed by atoms with van der Waals surface area (Å²) in [4.78, 5) is 17.8. The Kier molecular flexibility index (Phi) is 5.95. The van der Waals surface area contributed by atoms with Crippen molar-refractivity contribution in [3.8, 4) is 5.75 Å². The Balaban J connectivity index is 1.63. The van der Waals surface area contributed by atoms with Gasteiger partial charge in [-0.25, -0.2) is 14.2 Å². The number of aromatic nitrogens is 2. The molecule has 1 aromatic heterocycles. The average molecular weight is 525 g/mol. The molecule has 0 unspecified atom stereocenters. The number of nitrogens with one attached hydrogen (secondary N) is 1. The molecule has 0 radical (unpaired) electrons. The quantitative estimate of drug-likeness (QED) is 0.422. The van der Waals surface area contributed by atoms with E-state index in [0.717, 1.165) is 0 Å². The van der Waals surface area contributed by atoms with Crippen LogP contribution in [0.5, 0.6) is 5.75 Å². The summed E-state index contributed by atoms with van der Waals surface area (Å²) in [5, 5.41) is 22.2. The highest BCUT2D eigenvalue weighted by Crippen LogP contribution is 2.47. The molecule has 2 aromatic carbocycles. The predicted molar refractivity (Wildman–Crippen MR) is 126 cm³/mol. The number of carboxylic acid groups (broad SMARTS) is 1. The highest BCUT2D eigenvalue weighted by molar-refractivity contribution is 6.31. The molecular weight excluding hydrogens is 501 g/mol. The fourth-order valence-corrected chi connectivity index (χ4v) is 5.35. The lowest BCUT2D eigenvalue weighted by atomic mass is 9.84. The van der Waals surface area contributed by atoms with Gasteiger partial charge < -0.3 is 29.7 Å². The first-order valence-corrected chi connectivity index (χ1v) is 11.7. The maximum Gasteiger partial charge on any atom is 0.405 e. The van der Waals surface area contributed by atoms with E-state index in [9.17, 15) is 23.8 Å². The van der Waals surface area contributed by atoms with Crippen LogP contribution in [0.15, 0.2) is 30.3 Å². The van der Waals surface area contributed by atoms with Crippen molar-refractivity contribution in [2.75, 3.05) is 18.0 Å². The second-order valence-electron chi connectivity index (χ2n) is 9.67. The van der Waals surface area contributed by atoms with Gasteiger partial charge in [0.1, 0.15) is 17.4 Å². The number of anilines is 1. The van der Waals surface area contributed by atoms with Crippen LogP contribution in [0.4, 0.5) is 23.7 Å². The van der Waals surface area contributed by atoms with Crippen LogP contribution in [0.2, 0.25) is 5.02 Å². The van der Waals surface area contributed by atoms with Gasteiger partial charge in [0.15, 0.2) is 0 Å². The number of alkyl halides is 2. The molecule has 3 aromatic rings. The maximum absolute atomic E-state index is 15.1. The van der Waals surface area contributed by atoms with Gasteiger partial charge in [0, 0.05) is 42.1 Å². The molecule has 2 atom stereocenters. The number of hydrogen-bond donors (Lipinski definition) is 3. The normalized spacial score (nSPS) is 20.1. The van der Waals surface area contributed by atoms with E-state index in [1.54, 1.807) is 29.4 Å². The van der Waals surface area contributed by atoms with Gasteiger partial charge in [0.25, 0.3) is 0 Å². The lowest BCUT2D eigenvalue weighted by Gasteiger charge is -2.46. The fourth-order valence-electron chi connectivity index (χ4n) is 5.05. The molecule has 1 saturated heterocycles. The molecular formula is C24H24ClF3N4O4. The minimum Gasteiger partial charge on any atom is -0.465 e. The van der Waals surface area contributed by atoms with Crippen LogP contribution >= 0.6 is 11.6 Å². The minimum absolute atomic E-state index is 0.0298. The topological polar surface area (TPSA) is 99.9 Å². The fraction of sp³-hybridized carbons (Fsp3) is 0.417. The molecule has 2 aliphatic heterocycles. The van der Waals surface area contributed by atoms with E-state index in [2.05, 4.69) is 10.3 Å². The molecule has 12 heteroatoms. The average Bonchev–Trinajstić information content (AvgIpc) is 3.23. The summed E-state index contributed by atoms with van der Waals surface area (Å²) in [6, 6.07) is 5.77. The van der Waals surface area contributed by atoms with Crippen molar-refractivity contribution in [1.29, 1.82) is 0 Å². The largest absolute Gasteiger partial charge is 0.465 e. The summed E-state index contributed by atoms with van der Waals surface area (Å²) in [6.07, 6.45) is -1.14. The summed E-state index contributed by atoms with van der Waals surface area (Å²) in [5.41, 5.74) is 0.446. The number of fused-ring (bicyclic) bond motifs is 3. The minimum atomic E-state index is -3.09. The zero-order valence-electron chi connectivity index (χ0n) is 19.4. The first-order chi connectivity index (χ1) is 16.9. The standard InChI is InChI=1S/C24H24ClF3N4O4/c1-24(2,35)11-9-31(10-11)16-8-17-14(6-13(16)26)29-21-15(30-23(33)34)7-18(32(17)21)20-12(25)4-3-5-19(20)36-22(27)28/h3-6,8,11,15,18,22,30,35H,7,9-10H2,1-2H3,(H,33,34)/t15-,18-/m1/s1. The Bertz CT molecular complexity index is 1340. The third kappa shape index (κ3) is 4.20. The number of rotatable bonds is 6. The van der Waals surface area contributed by atoms with Gasteiger partial charge >= 0.3 is 12.7 Å². The second kappa shape index (κ2) is 8.74. The Morgan fingerprint density at radius 3 is 2.67 bits per heavy atom. The van der Waals surface area contributed by atoms with Gasteiger partial charge in [0.2, 0.25) is 0 Å². The Hall–Kier alpha value is -3.18. The molecule has 0 bridgehead atoms. The summed E-state index contributed by atoms with van der Waals surface area (Å²) in [7, 11) is 0. The van der Waals surface area contributed by atoms with E-state index in [4.69, 9.17) is 16.3 Å². The number of ether oxygens (including phenoxy) is 1. The molecule has 36 heavy (non-hydrogen) atoms. The third-order valence-electron chi connectivity index (χ3n) is 6.95. The molecule has 1 amide bonds. The van der Waals surface area contributed by atoms with Crippen molar-refractivity contribution in [2.24, 2.45) is 5.92 Å². The lowest BCUT2D eigenvalue weighted by Crippen LogP contribution is -2.56. The molecule has 1 fully saturated rings. The predicted octanol–water partition coefficient (Wildman–Crippen LogP) is 4.94. The van der Waals surface area contributed by atoms with Crippen LogP contribution in [0.1, 0.15) is 43.7 Å². The molecule has 0 saturated carbocycles. The Labute approximate surface area is 209 Å². The molecule has 3 N–H and O–H groups in total. The highest BCUT2D eigenvalue weighted by atomic mass is 35.5. The van der Waals surface area contributed by atoms with Crippen molar-refractivity contribution < 1.29 is 32.9 Å². The van der Waals surface area contributed by atoms with Crippen molar-refractivity contribution in [1.82, 2.24) is 14.9 Å². The van der Waals surface area contributed by atoms with E-state index >= 15 is 4.39 Å². The van der Waals surface area contributed by atoms with Crippen LogP contribution in [-0.2, 0) is 0 Å². The third-order valence-corrected chi connectivity index (χ3v) is 7.28. The first kappa shape index (κ1) is 24.5. The van der Waals surface area contributed by atoms with E-state index in [0.29, 0.717) is 30.1 Å². The van der Waals surface area contributed by atoms with Crippen LogP contribution in [0.3, 0.4) is 0 Å². The Morgan fingerprint density at radius 1 is 1.31 bits per heavy atom. The number of imidazole rings is 1. The zero-order valence-corrected chi connectivity index (χ0v) is 20.1. The number of amides is 1. The van der Waals surface area contributed by atoms with Crippen molar-refractivity contribution >= 4 is 34.4 Å². The highest BCUT2D eigenvalue weighted by Gasteiger charge is 2.41. The zero-order chi connectivity index (χ0) is 25.9. The number of hydrogen-bond acceptors (Lipinski definition) is 5. The number of halogens is 4.